The number of rotatable bonds is 7. The number of hydrogen-bond donors (Lipinski definition) is 1. The molecule has 0 aromatic heterocycles. The topological polar surface area (TPSA) is 77.1 Å². The first-order valence-electron chi connectivity index (χ1n) is 11.4. The predicted molar refractivity (Wildman–Crippen MR) is 121 cm³/mol. The number of likely N-dealkylation sites (tertiary alicyclic amines) is 1. The average molecular weight is 492 g/mol. The Kier molecular flexibility index (Phi) is 7.09. The van der Waals surface area contributed by atoms with Gasteiger partial charge < -0.3 is 24.4 Å². The van der Waals surface area contributed by atoms with Crippen molar-refractivity contribution in [1.29, 1.82) is 0 Å². The van der Waals surface area contributed by atoms with E-state index < -0.39 is 18.0 Å². The first-order chi connectivity index (χ1) is 16.7. The van der Waals surface area contributed by atoms with Gasteiger partial charge in [0.2, 0.25) is 0 Å². The van der Waals surface area contributed by atoms with Crippen LogP contribution in [-0.2, 0) is 0 Å². The van der Waals surface area contributed by atoms with Gasteiger partial charge >= 0.3 is 6.36 Å². The highest BCUT2D eigenvalue weighted by Gasteiger charge is 2.42. The molecule has 2 atom stereocenters. The van der Waals surface area contributed by atoms with Crippen molar-refractivity contribution in [2.75, 3.05) is 27.3 Å². The Hall–Kier alpha value is -3.43. The zero-order chi connectivity index (χ0) is 25.2. The average Bonchev–Trinajstić information content (AvgIpc) is 3.68. The molecule has 7 nitrogen and oxygen atoms in total. The second-order valence-electron chi connectivity index (χ2n) is 8.73. The van der Waals surface area contributed by atoms with E-state index in [1.165, 1.54) is 32.4 Å². The Balaban J connectivity index is 1.47. The van der Waals surface area contributed by atoms with Crippen molar-refractivity contribution in [3.63, 3.8) is 0 Å². The van der Waals surface area contributed by atoms with Crippen LogP contribution < -0.4 is 19.5 Å². The highest BCUT2D eigenvalue weighted by atomic mass is 19.4. The Morgan fingerprint density at radius 2 is 1.69 bits per heavy atom. The van der Waals surface area contributed by atoms with Gasteiger partial charge in [-0.25, -0.2) is 0 Å². The molecule has 1 saturated heterocycles. The van der Waals surface area contributed by atoms with E-state index in [9.17, 15) is 22.8 Å². The minimum absolute atomic E-state index is 0.00694. The molecular weight excluding hydrogens is 465 g/mol. The van der Waals surface area contributed by atoms with Crippen LogP contribution in [0.4, 0.5) is 13.2 Å². The second kappa shape index (κ2) is 10.1. The summed E-state index contributed by atoms with van der Waals surface area (Å²) >= 11 is 0. The number of piperidine rings is 1. The molecular formula is C25H27F3N2O5. The number of nitrogens with zero attached hydrogens (tertiary/aromatic N) is 1. The van der Waals surface area contributed by atoms with Crippen LogP contribution in [0.2, 0.25) is 0 Å². The second-order valence-corrected chi connectivity index (χ2v) is 8.73. The number of amides is 2. The van der Waals surface area contributed by atoms with Gasteiger partial charge in [-0.1, -0.05) is 12.1 Å². The zero-order valence-electron chi connectivity index (χ0n) is 19.4. The molecule has 2 aromatic rings. The van der Waals surface area contributed by atoms with Crippen molar-refractivity contribution >= 4 is 11.8 Å². The molecule has 0 bridgehead atoms. The third kappa shape index (κ3) is 5.80. The highest BCUT2D eigenvalue weighted by molar-refractivity contribution is 5.97. The fourth-order valence-electron chi connectivity index (χ4n) is 4.61. The molecule has 188 valence electrons. The third-order valence-corrected chi connectivity index (χ3v) is 6.48. The number of nitrogens with one attached hydrogen (secondary N) is 1. The van der Waals surface area contributed by atoms with Crippen LogP contribution in [0.25, 0.3) is 0 Å². The standard InChI is InChI=1S/C25H27F3N2O5/c1-33-21-10-9-16(13-22(21)34-2)24(32)30-12-11-19(18(14-30)15-7-8-15)29-23(31)17-5-3-4-6-20(17)35-25(26,27)28/h3-6,9-10,13,15,18-19H,7-8,11-12,14H2,1-2H3,(H,29,31)/t18-,19-/m1/s1. The Labute approximate surface area is 201 Å². The fourth-order valence-corrected chi connectivity index (χ4v) is 4.61. The van der Waals surface area contributed by atoms with Gasteiger partial charge in [0.15, 0.2) is 11.5 Å². The maximum absolute atomic E-state index is 13.2. The van der Waals surface area contributed by atoms with E-state index in [1.54, 1.807) is 23.1 Å². The van der Waals surface area contributed by atoms with Crippen molar-refractivity contribution in [3.8, 4) is 17.2 Å². The summed E-state index contributed by atoms with van der Waals surface area (Å²) in [6.45, 7) is 0.853. The lowest BCUT2D eigenvalue weighted by molar-refractivity contribution is -0.274. The molecule has 0 spiro atoms. The van der Waals surface area contributed by atoms with Gasteiger partial charge in [0.1, 0.15) is 5.75 Å². The number of carbonyl (C=O) groups excluding carboxylic acids is 2. The van der Waals surface area contributed by atoms with Gasteiger partial charge in [0.05, 0.1) is 19.8 Å². The number of alkyl halides is 3. The lowest BCUT2D eigenvalue weighted by atomic mass is 9.87. The zero-order valence-corrected chi connectivity index (χ0v) is 19.4. The monoisotopic (exact) mass is 492 g/mol. The van der Waals surface area contributed by atoms with E-state index in [0.717, 1.165) is 18.9 Å². The summed E-state index contributed by atoms with van der Waals surface area (Å²) in [4.78, 5) is 27.9. The lowest BCUT2D eigenvalue weighted by Crippen LogP contribution is -2.53. The number of para-hydroxylation sites is 1. The van der Waals surface area contributed by atoms with E-state index in [1.807, 2.05) is 0 Å². The molecule has 2 aliphatic rings. The summed E-state index contributed by atoms with van der Waals surface area (Å²) in [5.74, 6) is 0.0255. The summed E-state index contributed by atoms with van der Waals surface area (Å²) in [6.07, 6.45) is -2.43. The fraction of sp³-hybridized carbons (Fsp3) is 0.440. The van der Waals surface area contributed by atoms with E-state index in [-0.39, 0.29) is 23.4 Å². The summed E-state index contributed by atoms with van der Waals surface area (Å²) in [7, 11) is 3.02. The summed E-state index contributed by atoms with van der Waals surface area (Å²) < 4.78 is 52.9. The van der Waals surface area contributed by atoms with E-state index in [4.69, 9.17) is 9.47 Å². The molecule has 4 rings (SSSR count). The molecule has 1 aliphatic carbocycles. The Bertz CT molecular complexity index is 1090. The minimum atomic E-state index is -4.90. The number of carbonyl (C=O) groups is 2. The van der Waals surface area contributed by atoms with Gasteiger partial charge in [0.25, 0.3) is 11.8 Å². The molecule has 10 heteroatoms. The largest absolute Gasteiger partial charge is 0.573 e. The lowest BCUT2D eigenvalue weighted by Gasteiger charge is -2.39. The predicted octanol–water partition coefficient (Wildman–Crippen LogP) is 4.27. The number of benzene rings is 2. The van der Waals surface area contributed by atoms with Gasteiger partial charge in [-0.05, 0) is 61.4 Å². The van der Waals surface area contributed by atoms with Crippen LogP contribution in [0.5, 0.6) is 17.2 Å². The van der Waals surface area contributed by atoms with E-state index in [2.05, 4.69) is 10.1 Å². The molecule has 2 fully saturated rings. The summed E-state index contributed by atoms with van der Waals surface area (Å²) in [6, 6.07) is 10.0. The van der Waals surface area contributed by atoms with Crippen LogP contribution in [0.3, 0.4) is 0 Å². The summed E-state index contributed by atoms with van der Waals surface area (Å²) in [5.41, 5.74) is 0.293. The Morgan fingerprint density at radius 1 is 0.971 bits per heavy atom. The first kappa shape index (κ1) is 24.7. The maximum atomic E-state index is 13.2. The highest BCUT2D eigenvalue weighted by Crippen LogP contribution is 2.42. The Morgan fingerprint density at radius 3 is 2.34 bits per heavy atom. The molecule has 1 N–H and O–H groups in total. The molecule has 0 radical (unpaired) electrons. The molecule has 1 aliphatic heterocycles. The van der Waals surface area contributed by atoms with Crippen molar-refractivity contribution in [2.45, 2.75) is 31.7 Å². The number of ether oxygens (including phenoxy) is 3. The van der Waals surface area contributed by atoms with Crippen LogP contribution in [0, 0.1) is 11.8 Å². The van der Waals surface area contributed by atoms with Gasteiger partial charge in [-0.2, -0.15) is 0 Å². The minimum Gasteiger partial charge on any atom is -0.493 e. The number of hydrogen-bond acceptors (Lipinski definition) is 5. The van der Waals surface area contributed by atoms with E-state index in [0.29, 0.717) is 42.5 Å². The van der Waals surface area contributed by atoms with E-state index >= 15 is 0 Å². The third-order valence-electron chi connectivity index (χ3n) is 6.48. The van der Waals surface area contributed by atoms with Crippen molar-refractivity contribution in [3.05, 3.63) is 53.6 Å². The summed E-state index contributed by atoms with van der Waals surface area (Å²) in [5, 5.41) is 2.90. The number of methoxy groups -OCH3 is 2. The van der Waals surface area contributed by atoms with Gasteiger partial charge in [-0.3, -0.25) is 9.59 Å². The van der Waals surface area contributed by atoms with Crippen molar-refractivity contribution in [1.82, 2.24) is 10.2 Å². The van der Waals surface area contributed by atoms with Crippen molar-refractivity contribution in [2.24, 2.45) is 11.8 Å². The normalized spacial score (nSPS) is 20.2. The smallest absolute Gasteiger partial charge is 0.493 e. The van der Waals surface area contributed by atoms with Gasteiger partial charge in [0, 0.05) is 24.7 Å². The molecule has 1 saturated carbocycles. The van der Waals surface area contributed by atoms with Crippen LogP contribution in [0.1, 0.15) is 40.0 Å². The molecule has 2 aromatic carbocycles. The van der Waals surface area contributed by atoms with Crippen LogP contribution in [-0.4, -0.2) is 56.4 Å². The van der Waals surface area contributed by atoms with Crippen LogP contribution in [0.15, 0.2) is 42.5 Å². The number of halogens is 3. The first-order valence-corrected chi connectivity index (χ1v) is 11.4. The van der Waals surface area contributed by atoms with Gasteiger partial charge in [-0.15, -0.1) is 13.2 Å². The van der Waals surface area contributed by atoms with Crippen molar-refractivity contribution < 1.29 is 37.0 Å². The quantitative estimate of drug-likeness (QED) is 0.625. The SMILES string of the molecule is COc1ccc(C(=O)N2CC[C@@H](NC(=O)c3ccccc3OC(F)(F)F)[C@@H](C3CC3)C2)cc1OC. The molecule has 2 amide bonds. The molecule has 0 unspecified atom stereocenters. The van der Waals surface area contributed by atoms with Crippen LogP contribution >= 0.6 is 0 Å². The maximum Gasteiger partial charge on any atom is 0.573 e. The molecule has 35 heavy (non-hydrogen) atoms. The molecule has 1 heterocycles.